The first-order valence-electron chi connectivity index (χ1n) is 5.82. The van der Waals surface area contributed by atoms with Gasteiger partial charge in [0.2, 0.25) is 11.8 Å². The van der Waals surface area contributed by atoms with E-state index in [1.807, 2.05) is 0 Å². The average molecular weight is 263 g/mol. The van der Waals surface area contributed by atoms with E-state index < -0.39 is 12.4 Å². The van der Waals surface area contributed by atoms with Crippen LogP contribution >= 0.6 is 0 Å². The second-order valence-corrected chi connectivity index (χ2v) is 4.30. The Morgan fingerprint density at radius 1 is 1.21 bits per heavy atom. The summed E-state index contributed by atoms with van der Waals surface area (Å²) in [6, 6.07) is 4.04. The summed E-state index contributed by atoms with van der Waals surface area (Å²) < 4.78 is 0. The molecule has 0 aliphatic carbocycles. The van der Waals surface area contributed by atoms with Crippen molar-refractivity contribution >= 4 is 17.6 Å². The average Bonchev–Trinajstić information content (AvgIpc) is 2.71. The molecule has 19 heavy (non-hydrogen) atoms. The molecule has 1 saturated heterocycles. The van der Waals surface area contributed by atoms with Crippen molar-refractivity contribution in [2.45, 2.75) is 19.4 Å². The molecule has 2 amide bonds. The number of rotatable bonds is 4. The zero-order valence-electron chi connectivity index (χ0n) is 10.1. The van der Waals surface area contributed by atoms with Gasteiger partial charge in [0, 0.05) is 24.0 Å². The minimum atomic E-state index is -0.404. The number of carbonyl (C=O) groups is 3. The van der Waals surface area contributed by atoms with E-state index in [1.165, 1.54) is 18.2 Å². The Morgan fingerprint density at radius 2 is 1.84 bits per heavy atom. The summed E-state index contributed by atoms with van der Waals surface area (Å²) in [4.78, 5) is 35.7. The highest BCUT2D eigenvalue weighted by Crippen LogP contribution is 2.19. The Labute approximate surface area is 109 Å². The first-order valence-corrected chi connectivity index (χ1v) is 5.82. The molecule has 0 radical (unpaired) electrons. The summed E-state index contributed by atoms with van der Waals surface area (Å²) >= 11 is 0. The minimum Gasteiger partial charge on any atom is -0.508 e. The maximum atomic E-state index is 12.0. The molecule has 1 aliphatic heterocycles. The molecule has 0 unspecified atom stereocenters. The van der Waals surface area contributed by atoms with Gasteiger partial charge in [-0.15, -0.1) is 0 Å². The smallest absolute Gasteiger partial charge is 0.230 e. The van der Waals surface area contributed by atoms with Crippen LogP contribution in [0.2, 0.25) is 0 Å². The quantitative estimate of drug-likeness (QED) is 0.598. The number of phenols is 1. The predicted octanol–water partition coefficient (Wildman–Crippen LogP) is 0.216. The third-order valence-electron chi connectivity index (χ3n) is 3.03. The standard InChI is InChI=1S/C13H13NO5/c15-7-9-5-8(1-2-10(9)16)11(17)6-14-12(18)3-4-13(14)19/h1-2,5,15-16H,3-4,6-7H2. The molecule has 1 aromatic rings. The van der Waals surface area contributed by atoms with Crippen molar-refractivity contribution in [1.29, 1.82) is 0 Å². The fourth-order valence-corrected chi connectivity index (χ4v) is 1.92. The Balaban J connectivity index is 2.16. The molecular formula is C13H13NO5. The number of Topliss-reactive ketones (excluding diaryl/α,β-unsaturated/α-hetero) is 1. The summed E-state index contributed by atoms with van der Waals surface area (Å²) in [5, 5.41) is 18.4. The predicted molar refractivity (Wildman–Crippen MR) is 64.3 cm³/mol. The highest BCUT2D eigenvalue weighted by Gasteiger charge is 2.30. The lowest BCUT2D eigenvalue weighted by atomic mass is 10.1. The number of likely N-dealkylation sites (tertiary alicyclic amines) is 1. The number of aromatic hydroxyl groups is 1. The molecule has 6 nitrogen and oxygen atoms in total. The second kappa shape index (κ2) is 5.19. The van der Waals surface area contributed by atoms with Crippen LogP contribution in [-0.2, 0) is 16.2 Å². The van der Waals surface area contributed by atoms with Crippen molar-refractivity contribution in [2.24, 2.45) is 0 Å². The van der Waals surface area contributed by atoms with E-state index in [4.69, 9.17) is 5.11 Å². The van der Waals surface area contributed by atoms with Gasteiger partial charge in [0.25, 0.3) is 0 Å². The first kappa shape index (κ1) is 13.2. The van der Waals surface area contributed by atoms with Gasteiger partial charge in [-0.05, 0) is 18.2 Å². The molecule has 2 rings (SSSR count). The van der Waals surface area contributed by atoms with Crippen LogP contribution in [0.4, 0.5) is 0 Å². The van der Waals surface area contributed by atoms with E-state index >= 15 is 0 Å². The van der Waals surface area contributed by atoms with Gasteiger partial charge in [-0.1, -0.05) is 0 Å². The molecule has 1 aliphatic rings. The molecule has 1 aromatic carbocycles. The van der Waals surface area contributed by atoms with Gasteiger partial charge in [0.1, 0.15) is 5.75 Å². The number of amides is 2. The molecule has 2 N–H and O–H groups in total. The molecule has 0 spiro atoms. The van der Waals surface area contributed by atoms with Gasteiger partial charge in [-0.3, -0.25) is 19.3 Å². The number of ketones is 1. The fraction of sp³-hybridized carbons (Fsp3) is 0.308. The molecule has 100 valence electrons. The van der Waals surface area contributed by atoms with Gasteiger partial charge in [0.15, 0.2) is 5.78 Å². The molecular weight excluding hydrogens is 250 g/mol. The third-order valence-corrected chi connectivity index (χ3v) is 3.03. The van der Waals surface area contributed by atoms with Gasteiger partial charge in [0.05, 0.1) is 13.2 Å². The van der Waals surface area contributed by atoms with Crippen molar-refractivity contribution in [3.05, 3.63) is 29.3 Å². The Bertz CT molecular complexity index is 536. The Hall–Kier alpha value is -2.21. The second-order valence-electron chi connectivity index (χ2n) is 4.30. The fourth-order valence-electron chi connectivity index (χ4n) is 1.92. The van der Waals surface area contributed by atoms with Crippen LogP contribution in [0.15, 0.2) is 18.2 Å². The van der Waals surface area contributed by atoms with Crippen LogP contribution in [0.3, 0.4) is 0 Å². The largest absolute Gasteiger partial charge is 0.508 e. The van der Waals surface area contributed by atoms with Crippen molar-refractivity contribution in [3.63, 3.8) is 0 Å². The van der Waals surface area contributed by atoms with Crippen LogP contribution in [0.5, 0.6) is 5.75 Å². The van der Waals surface area contributed by atoms with E-state index in [0.717, 1.165) is 4.90 Å². The lowest BCUT2D eigenvalue weighted by Gasteiger charge is -2.13. The summed E-state index contributed by atoms with van der Waals surface area (Å²) in [6.45, 7) is -0.693. The lowest BCUT2D eigenvalue weighted by molar-refractivity contribution is -0.137. The van der Waals surface area contributed by atoms with Crippen molar-refractivity contribution in [1.82, 2.24) is 4.90 Å². The molecule has 0 aromatic heterocycles. The maximum absolute atomic E-state index is 12.0. The van der Waals surface area contributed by atoms with Gasteiger partial charge < -0.3 is 10.2 Å². The first-order chi connectivity index (χ1) is 9.02. The lowest BCUT2D eigenvalue weighted by Crippen LogP contribution is -2.34. The summed E-state index contributed by atoms with van der Waals surface area (Å²) in [5.41, 5.74) is 0.472. The monoisotopic (exact) mass is 263 g/mol. The number of hydrogen-bond acceptors (Lipinski definition) is 5. The van der Waals surface area contributed by atoms with Crippen molar-refractivity contribution in [3.8, 4) is 5.75 Å². The number of benzene rings is 1. The van der Waals surface area contributed by atoms with E-state index in [2.05, 4.69) is 0 Å². The molecule has 1 heterocycles. The van der Waals surface area contributed by atoms with Crippen molar-refractivity contribution < 1.29 is 24.6 Å². The van der Waals surface area contributed by atoms with Crippen molar-refractivity contribution in [2.75, 3.05) is 6.54 Å². The number of carbonyl (C=O) groups excluding carboxylic acids is 3. The van der Waals surface area contributed by atoms with Gasteiger partial charge in [-0.2, -0.15) is 0 Å². The zero-order chi connectivity index (χ0) is 14.0. The number of nitrogens with zero attached hydrogens (tertiary/aromatic N) is 1. The van der Waals surface area contributed by atoms with E-state index in [0.29, 0.717) is 0 Å². The van der Waals surface area contributed by atoms with E-state index in [9.17, 15) is 19.5 Å². The molecule has 1 fully saturated rings. The summed E-state index contributed by atoms with van der Waals surface area (Å²) in [7, 11) is 0. The minimum absolute atomic E-state index is 0.104. The number of imide groups is 1. The number of aliphatic hydroxyl groups excluding tert-OH is 1. The van der Waals surface area contributed by atoms with Crippen LogP contribution in [-0.4, -0.2) is 39.3 Å². The van der Waals surface area contributed by atoms with Crippen LogP contribution in [0.1, 0.15) is 28.8 Å². The van der Waals surface area contributed by atoms with Gasteiger partial charge in [-0.25, -0.2) is 0 Å². The SMILES string of the molecule is O=C(CN1C(=O)CCC1=O)c1ccc(O)c(CO)c1. The molecule has 6 heteroatoms. The Morgan fingerprint density at radius 3 is 2.42 bits per heavy atom. The Kier molecular flexibility index (Phi) is 3.62. The van der Waals surface area contributed by atoms with Crippen LogP contribution in [0.25, 0.3) is 0 Å². The highest BCUT2D eigenvalue weighted by atomic mass is 16.3. The maximum Gasteiger partial charge on any atom is 0.230 e. The summed E-state index contributed by atoms with van der Waals surface area (Å²) in [5.74, 6) is -1.20. The summed E-state index contributed by atoms with van der Waals surface area (Å²) in [6.07, 6.45) is 0.285. The topological polar surface area (TPSA) is 94.9 Å². The number of aliphatic hydroxyl groups is 1. The van der Waals surface area contributed by atoms with E-state index in [1.54, 1.807) is 0 Å². The molecule has 0 atom stereocenters. The van der Waals surface area contributed by atoms with Crippen LogP contribution in [0, 0.1) is 0 Å². The zero-order valence-corrected chi connectivity index (χ0v) is 10.1. The van der Waals surface area contributed by atoms with Gasteiger partial charge >= 0.3 is 0 Å². The highest BCUT2D eigenvalue weighted by molar-refractivity contribution is 6.07. The normalized spacial score (nSPS) is 15.1. The third kappa shape index (κ3) is 2.63. The number of hydrogen-bond donors (Lipinski definition) is 2. The molecule has 0 saturated carbocycles. The molecule has 0 bridgehead atoms. The van der Waals surface area contributed by atoms with Crippen LogP contribution < -0.4 is 0 Å². The van der Waals surface area contributed by atoms with E-state index in [-0.39, 0.29) is 48.1 Å².